The third-order valence-electron chi connectivity index (χ3n) is 2.78. The Kier molecular flexibility index (Phi) is 10.8. The summed E-state index contributed by atoms with van der Waals surface area (Å²) in [6.45, 7) is 6.02. The minimum Gasteiger partial charge on any atom is -0.508 e. The average Bonchev–Trinajstić information content (AvgIpc) is 2.99. The van der Waals surface area contributed by atoms with Gasteiger partial charge in [0.05, 0.1) is 0 Å². The van der Waals surface area contributed by atoms with Crippen LogP contribution in [0.3, 0.4) is 0 Å². The van der Waals surface area contributed by atoms with E-state index in [1.165, 1.54) is 38.4 Å². The molecule has 1 saturated heterocycles. The van der Waals surface area contributed by atoms with E-state index in [1.54, 1.807) is 12.1 Å². The van der Waals surface area contributed by atoms with E-state index in [2.05, 4.69) is 17.6 Å². The van der Waals surface area contributed by atoms with Crippen molar-refractivity contribution in [1.29, 1.82) is 0 Å². The van der Waals surface area contributed by atoms with Crippen LogP contribution in [0.25, 0.3) is 0 Å². The standard InChI is InChI=1S/C9H13NO.C4H9N.C2H4O/c1-7(10-2)8-3-5-9(11)6-4-8;1-2-4-5-3-1;1-2-3/h3-7,10-11H,1-2H3;5H,1-4H2;2H,1H3. The predicted octanol–water partition coefficient (Wildman–Crippen LogP) is 2.25. The van der Waals surface area contributed by atoms with Crippen molar-refractivity contribution in [1.82, 2.24) is 10.6 Å². The molecule has 0 saturated carbocycles. The van der Waals surface area contributed by atoms with Gasteiger partial charge >= 0.3 is 0 Å². The lowest BCUT2D eigenvalue weighted by Gasteiger charge is -2.09. The van der Waals surface area contributed by atoms with Crippen LogP contribution in [-0.4, -0.2) is 31.5 Å². The smallest absolute Gasteiger partial charge is 0.116 e. The van der Waals surface area contributed by atoms with Crippen LogP contribution in [0, 0.1) is 0 Å². The number of rotatable bonds is 2. The maximum absolute atomic E-state index is 8.99. The first-order chi connectivity index (χ1) is 9.15. The summed E-state index contributed by atoms with van der Waals surface area (Å²) >= 11 is 0. The highest BCUT2D eigenvalue weighted by Gasteiger charge is 2.00. The van der Waals surface area contributed by atoms with Crippen LogP contribution in [0.1, 0.15) is 38.3 Å². The number of carbonyl (C=O) groups is 1. The summed E-state index contributed by atoms with van der Waals surface area (Å²) in [7, 11) is 1.91. The van der Waals surface area contributed by atoms with Gasteiger partial charge < -0.3 is 20.5 Å². The Hall–Kier alpha value is -1.39. The van der Waals surface area contributed by atoms with Gasteiger partial charge in [0.15, 0.2) is 0 Å². The highest BCUT2D eigenvalue weighted by Crippen LogP contribution is 2.15. The van der Waals surface area contributed by atoms with Gasteiger partial charge in [-0.25, -0.2) is 0 Å². The van der Waals surface area contributed by atoms with Gasteiger partial charge in [0.1, 0.15) is 12.0 Å². The van der Waals surface area contributed by atoms with Gasteiger partial charge in [-0.2, -0.15) is 0 Å². The van der Waals surface area contributed by atoms with Gasteiger partial charge in [-0.3, -0.25) is 0 Å². The number of benzene rings is 1. The van der Waals surface area contributed by atoms with E-state index < -0.39 is 0 Å². The fourth-order valence-corrected chi connectivity index (χ4v) is 1.55. The first-order valence-electron chi connectivity index (χ1n) is 6.72. The first-order valence-corrected chi connectivity index (χ1v) is 6.72. The zero-order valence-electron chi connectivity index (χ0n) is 12.1. The predicted molar refractivity (Wildman–Crippen MR) is 79.4 cm³/mol. The summed E-state index contributed by atoms with van der Waals surface area (Å²) in [4.78, 5) is 8.81. The summed E-state index contributed by atoms with van der Waals surface area (Å²) < 4.78 is 0. The van der Waals surface area contributed by atoms with Gasteiger partial charge in [-0.15, -0.1) is 0 Å². The molecule has 0 aliphatic carbocycles. The molecule has 0 amide bonds. The number of nitrogens with one attached hydrogen (secondary N) is 2. The monoisotopic (exact) mass is 266 g/mol. The number of aromatic hydroxyl groups is 1. The fraction of sp³-hybridized carbons (Fsp3) is 0.533. The largest absolute Gasteiger partial charge is 0.508 e. The second-order valence-electron chi connectivity index (χ2n) is 4.29. The molecule has 1 fully saturated rings. The normalized spacial score (nSPS) is 14.5. The number of aldehydes is 1. The number of phenols is 1. The Morgan fingerprint density at radius 1 is 1.26 bits per heavy atom. The van der Waals surface area contributed by atoms with Gasteiger partial charge in [0.2, 0.25) is 0 Å². The van der Waals surface area contributed by atoms with E-state index in [0.717, 1.165) is 6.29 Å². The van der Waals surface area contributed by atoms with Crippen molar-refractivity contribution in [2.45, 2.75) is 32.7 Å². The minimum atomic E-state index is 0.317. The topological polar surface area (TPSA) is 61.4 Å². The molecule has 1 unspecified atom stereocenters. The molecule has 4 nitrogen and oxygen atoms in total. The molecule has 0 spiro atoms. The Labute approximate surface area is 116 Å². The molecular formula is C15H26N2O2. The second-order valence-corrected chi connectivity index (χ2v) is 4.29. The zero-order chi connectivity index (χ0) is 14.5. The third-order valence-corrected chi connectivity index (χ3v) is 2.78. The van der Waals surface area contributed by atoms with Crippen molar-refractivity contribution in [3.63, 3.8) is 0 Å². The average molecular weight is 266 g/mol. The lowest BCUT2D eigenvalue weighted by molar-refractivity contribution is -0.106. The van der Waals surface area contributed by atoms with E-state index in [4.69, 9.17) is 9.90 Å². The van der Waals surface area contributed by atoms with Crippen molar-refractivity contribution in [3.05, 3.63) is 29.8 Å². The zero-order valence-corrected chi connectivity index (χ0v) is 12.1. The number of hydrogen-bond acceptors (Lipinski definition) is 4. The molecule has 0 bridgehead atoms. The highest BCUT2D eigenvalue weighted by molar-refractivity contribution is 5.44. The Morgan fingerprint density at radius 2 is 1.74 bits per heavy atom. The molecular weight excluding hydrogens is 240 g/mol. The molecule has 1 aromatic carbocycles. The van der Waals surface area contributed by atoms with Crippen molar-refractivity contribution < 1.29 is 9.90 Å². The minimum absolute atomic E-state index is 0.317. The molecule has 1 aliphatic rings. The van der Waals surface area contributed by atoms with E-state index in [-0.39, 0.29) is 0 Å². The van der Waals surface area contributed by atoms with Crippen LogP contribution in [0.15, 0.2) is 24.3 Å². The summed E-state index contributed by atoms with van der Waals surface area (Å²) in [5.41, 5.74) is 1.19. The molecule has 1 heterocycles. The summed E-state index contributed by atoms with van der Waals surface area (Å²) in [6, 6.07) is 7.56. The van der Waals surface area contributed by atoms with Gasteiger partial charge in [-0.1, -0.05) is 12.1 Å². The van der Waals surface area contributed by atoms with Crippen LogP contribution >= 0.6 is 0 Å². The molecule has 3 N–H and O–H groups in total. The molecule has 2 rings (SSSR count). The third kappa shape index (κ3) is 9.22. The van der Waals surface area contributed by atoms with Gasteiger partial charge in [0, 0.05) is 6.04 Å². The van der Waals surface area contributed by atoms with Crippen LogP contribution in [-0.2, 0) is 4.79 Å². The Balaban J connectivity index is 0.000000334. The van der Waals surface area contributed by atoms with Crippen molar-refractivity contribution in [3.8, 4) is 5.75 Å². The summed E-state index contributed by atoms with van der Waals surface area (Å²) in [5.74, 6) is 0.317. The van der Waals surface area contributed by atoms with E-state index in [9.17, 15) is 0 Å². The van der Waals surface area contributed by atoms with Crippen molar-refractivity contribution >= 4 is 6.29 Å². The molecule has 0 radical (unpaired) electrons. The molecule has 108 valence electrons. The van der Waals surface area contributed by atoms with Crippen molar-refractivity contribution in [2.75, 3.05) is 20.1 Å². The summed E-state index contributed by atoms with van der Waals surface area (Å²) in [6.07, 6.45) is 3.53. The van der Waals surface area contributed by atoms with E-state index >= 15 is 0 Å². The van der Waals surface area contributed by atoms with Crippen LogP contribution < -0.4 is 10.6 Å². The maximum atomic E-state index is 8.99. The van der Waals surface area contributed by atoms with Gasteiger partial charge in [0.25, 0.3) is 0 Å². The second kappa shape index (κ2) is 11.7. The fourth-order valence-electron chi connectivity index (χ4n) is 1.55. The number of phenolic OH excluding ortho intramolecular Hbond substituents is 1. The van der Waals surface area contributed by atoms with Crippen LogP contribution in [0.5, 0.6) is 5.75 Å². The molecule has 19 heavy (non-hydrogen) atoms. The lowest BCUT2D eigenvalue weighted by Crippen LogP contribution is -2.11. The molecule has 1 aromatic rings. The quantitative estimate of drug-likeness (QED) is 0.719. The Morgan fingerprint density at radius 3 is 2.05 bits per heavy atom. The molecule has 4 heteroatoms. The van der Waals surface area contributed by atoms with Gasteiger partial charge in [-0.05, 0) is 64.5 Å². The van der Waals surface area contributed by atoms with E-state index in [1.807, 2.05) is 19.2 Å². The molecule has 1 atom stereocenters. The maximum Gasteiger partial charge on any atom is 0.116 e. The van der Waals surface area contributed by atoms with Crippen LogP contribution in [0.2, 0.25) is 0 Å². The van der Waals surface area contributed by atoms with E-state index in [0.29, 0.717) is 11.8 Å². The van der Waals surface area contributed by atoms with Crippen LogP contribution in [0.4, 0.5) is 0 Å². The lowest BCUT2D eigenvalue weighted by atomic mass is 10.1. The number of carbonyl (C=O) groups excluding carboxylic acids is 1. The molecule has 0 aromatic heterocycles. The summed E-state index contributed by atoms with van der Waals surface area (Å²) in [5, 5.41) is 15.3. The SMILES string of the molecule is C1CCNC1.CC=O.CNC(C)c1ccc(O)cc1. The first kappa shape index (κ1) is 17.6. The highest BCUT2D eigenvalue weighted by atomic mass is 16.3. The number of hydrogen-bond donors (Lipinski definition) is 3. The molecule has 1 aliphatic heterocycles. The Bertz CT molecular complexity index is 314. The van der Waals surface area contributed by atoms with Crippen molar-refractivity contribution in [2.24, 2.45) is 0 Å².